The molecule has 0 aromatic carbocycles. The van der Waals surface area contributed by atoms with Gasteiger partial charge in [0.1, 0.15) is 4.88 Å². The fourth-order valence-corrected chi connectivity index (χ4v) is 3.30. The van der Waals surface area contributed by atoms with E-state index < -0.39 is 0 Å². The molecule has 1 aromatic rings. The summed E-state index contributed by atoms with van der Waals surface area (Å²) in [7, 11) is 0. The summed E-state index contributed by atoms with van der Waals surface area (Å²) in [5.74, 6) is 5.75. The van der Waals surface area contributed by atoms with E-state index >= 15 is 0 Å². The molecule has 1 aromatic heterocycles. The Morgan fingerprint density at radius 2 is 2.42 bits per heavy atom. The highest BCUT2D eigenvalue weighted by atomic mass is 32.1. The van der Waals surface area contributed by atoms with E-state index in [0.29, 0.717) is 11.4 Å². The van der Waals surface area contributed by atoms with Crippen LogP contribution in [0.4, 0.5) is 0 Å². The van der Waals surface area contributed by atoms with Gasteiger partial charge in [-0.2, -0.15) is 0 Å². The van der Waals surface area contributed by atoms with Crippen LogP contribution in [-0.4, -0.2) is 18.5 Å². The molecule has 102 valence electrons. The van der Waals surface area contributed by atoms with Crippen molar-refractivity contribution in [3.05, 3.63) is 21.9 Å². The lowest BCUT2D eigenvalue weighted by atomic mass is 9.87. The second-order valence-corrected chi connectivity index (χ2v) is 6.49. The lowest BCUT2D eigenvalue weighted by Crippen LogP contribution is -2.41. The van der Waals surface area contributed by atoms with Gasteiger partial charge in [0.15, 0.2) is 0 Å². The number of nitrogens with one attached hydrogen (secondary N) is 1. The molecule has 0 spiro atoms. The summed E-state index contributed by atoms with van der Waals surface area (Å²) >= 11 is 1.44. The fraction of sp³-hybridized carbons (Fsp3) is 0.533. The molecule has 1 saturated carbocycles. The van der Waals surface area contributed by atoms with Gasteiger partial charge in [-0.1, -0.05) is 32.1 Å². The molecule has 0 bridgehead atoms. The predicted octanol–water partition coefficient (Wildman–Crippen LogP) is 2.37. The van der Waals surface area contributed by atoms with E-state index in [9.17, 15) is 4.79 Å². The molecule has 3 nitrogen and oxygen atoms in total. The van der Waals surface area contributed by atoms with Crippen LogP contribution in [0, 0.1) is 17.3 Å². The number of nitrogens with two attached hydrogens (primary N) is 1. The van der Waals surface area contributed by atoms with Gasteiger partial charge in [0, 0.05) is 11.6 Å². The average molecular weight is 276 g/mol. The molecule has 1 atom stereocenters. The summed E-state index contributed by atoms with van der Waals surface area (Å²) in [6.45, 7) is 4.75. The highest BCUT2D eigenvalue weighted by Gasteiger charge is 2.35. The predicted molar refractivity (Wildman–Crippen MR) is 79.1 cm³/mol. The summed E-state index contributed by atoms with van der Waals surface area (Å²) in [6.07, 6.45) is 3.42. The van der Waals surface area contributed by atoms with Crippen molar-refractivity contribution < 1.29 is 4.79 Å². The normalized spacial score (nSPS) is 20.7. The molecule has 0 saturated heterocycles. The third-order valence-electron chi connectivity index (χ3n) is 3.76. The van der Waals surface area contributed by atoms with Gasteiger partial charge in [0.25, 0.3) is 5.91 Å². The molecular formula is C15H20N2OS. The third-order valence-corrected chi connectivity index (χ3v) is 4.67. The summed E-state index contributed by atoms with van der Waals surface area (Å²) < 4.78 is 0. The van der Waals surface area contributed by atoms with Gasteiger partial charge in [-0.3, -0.25) is 4.79 Å². The van der Waals surface area contributed by atoms with Crippen LogP contribution in [0.1, 0.15) is 48.3 Å². The lowest BCUT2D eigenvalue weighted by Gasteiger charge is -2.27. The topological polar surface area (TPSA) is 55.1 Å². The number of carbonyl (C=O) groups excluding carboxylic acids is 1. The molecule has 1 aliphatic rings. The molecule has 1 aliphatic carbocycles. The van der Waals surface area contributed by atoms with E-state index in [4.69, 9.17) is 5.73 Å². The van der Waals surface area contributed by atoms with Crippen LogP contribution >= 0.6 is 11.3 Å². The Labute approximate surface area is 118 Å². The first-order valence-electron chi connectivity index (χ1n) is 6.62. The second-order valence-electron chi connectivity index (χ2n) is 5.58. The zero-order valence-electron chi connectivity index (χ0n) is 11.5. The number of hydrogen-bond donors (Lipinski definition) is 2. The van der Waals surface area contributed by atoms with E-state index in [1.807, 2.05) is 11.4 Å². The Morgan fingerprint density at radius 3 is 3.05 bits per heavy atom. The minimum Gasteiger partial charge on any atom is -0.348 e. The molecular weight excluding hydrogens is 256 g/mol. The van der Waals surface area contributed by atoms with Crippen LogP contribution in [0.3, 0.4) is 0 Å². The maximum atomic E-state index is 12.3. The molecule has 0 radical (unpaired) electrons. The number of hydrogen-bond acceptors (Lipinski definition) is 3. The van der Waals surface area contributed by atoms with E-state index in [1.54, 1.807) is 0 Å². The second kappa shape index (κ2) is 5.77. The zero-order valence-corrected chi connectivity index (χ0v) is 12.3. The van der Waals surface area contributed by atoms with Crippen LogP contribution in [0.5, 0.6) is 0 Å². The molecule has 1 heterocycles. The van der Waals surface area contributed by atoms with Crippen LogP contribution < -0.4 is 11.1 Å². The maximum Gasteiger partial charge on any atom is 0.262 e. The van der Waals surface area contributed by atoms with Crippen molar-refractivity contribution in [1.29, 1.82) is 0 Å². The molecule has 1 amide bonds. The Bertz CT molecular complexity index is 522. The van der Waals surface area contributed by atoms with Crippen molar-refractivity contribution in [2.24, 2.45) is 11.1 Å². The summed E-state index contributed by atoms with van der Waals surface area (Å²) in [5, 5.41) is 5.06. The van der Waals surface area contributed by atoms with Gasteiger partial charge in [0.05, 0.1) is 6.54 Å². The van der Waals surface area contributed by atoms with Crippen molar-refractivity contribution in [1.82, 2.24) is 5.32 Å². The molecule has 1 unspecified atom stereocenters. The Balaban J connectivity index is 2.10. The quantitative estimate of drug-likeness (QED) is 0.815. The number of rotatable bonds is 2. The van der Waals surface area contributed by atoms with E-state index in [0.717, 1.165) is 12.0 Å². The van der Waals surface area contributed by atoms with Crippen molar-refractivity contribution in [3.63, 3.8) is 0 Å². The Morgan fingerprint density at radius 1 is 1.63 bits per heavy atom. The van der Waals surface area contributed by atoms with E-state index in [2.05, 4.69) is 31.0 Å². The number of thiophene rings is 1. The Kier molecular flexibility index (Phi) is 4.28. The molecule has 4 heteroatoms. The summed E-state index contributed by atoms with van der Waals surface area (Å²) in [6, 6.07) is 2.14. The van der Waals surface area contributed by atoms with Crippen LogP contribution in [0.25, 0.3) is 0 Å². The van der Waals surface area contributed by atoms with Crippen molar-refractivity contribution in [2.45, 2.75) is 39.2 Å². The standard InChI is InChI=1S/C15H20N2OS/c1-15(2)8-3-6-12(15)17-14(18)13-11(5-4-9-16)7-10-19-13/h7,10,12H,3,6,8-9,16H2,1-2H3,(H,17,18). The largest absolute Gasteiger partial charge is 0.348 e. The average Bonchev–Trinajstić information content (AvgIpc) is 2.94. The molecule has 19 heavy (non-hydrogen) atoms. The minimum atomic E-state index is -0.00343. The van der Waals surface area contributed by atoms with Gasteiger partial charge in [-0.05, 0) is 29.7 Å². The fourth-order valence-electron chi connectivity index (χ4n) is 2.55. The third kappa shape index (κ3) is 3.17. The smallest absolute Gasteiger partial charge is 0.262 e. The number of amides is 1. The van der Waals surface area contributed by atoms with Crippen LogP contribution in [-0.2, 0) is 0 Å². The molecule has 1 fully saturated rings. The monoisotopic (exact) mass is 276 g/mol. The first kappa shape index (κ1) is 14.1. The van der Waals surface area contributed by atoms with Crippen LogP contribution in [0.15, 0.2) is 11.4 Å². The highest BCUT2D eigenvalue weighted by molar-refractivity contribution is 7.12. The van der Waals surface area contributed by atoms with E-state index in [1.165, 1.54) is 24.2 Å². The zero-order chi connectivity index (χ0) is 13.9. The van der Waals surface area contributed by atoms with Gasteiger partial charge in [0.2, 0.25) is 0 Å². The first-order valence-corrected chi connectivity index (χ1v) is 7.50. The number of carbonyl (C=O) groups is 1. The molecule has 2 rings (SSSR count). The van der Waals surface area contributed by atoms with Crippen molar-refractivity contribution in [3.8, 4) is 11.8 Å². The van der Waals surface area contributed by atoms with Gasteiger partial charge >= 0.3 is 0 Å². The summed E-state index contributed by atoms with van der Waals surface area (Å²) in [5.41, 5.74) is 6.34. The van der Waals surface area contributed by atoms with Crippen LogP contribution in [0.2, 0.25) is 0 Å². The first-order chi connectivity index (χ1) is 9.04. The minimum absolute atomic E-state index is 0.00343. The SMILES string of the molecule is CC1(C)CCCC1NC(=O)c1sccc1C#CCN. The van der Waals surface area contributed by atoms with Gasteiger partial charge in [-0.25, -0.2) is 0 Å². The van der Waals surface area contributed by atoms with Crippen molar-refractivity contribution >= 4 is 17.2 Å². The van der Waals surface area contributed by atoms with E-state index in [-0.39, 0.29) is 17.4 Å². The summed E-state index contributed by atoms with van der Waals surface area (Å²) in [4.78, 5) is 13.0. The molecule has 3 N–H and O–H groups in total. The highest BCUT2D eigenvalue weighted by Crippen LogP contribution is 2.37. The Hall–Kier alpha value is -1.31. The van der Waals surface area contributed by atoms with Gasteiger partial charge in [-0.15, -0.1) is 11.3 Å². The lowest BCUT2D eigenvalue weighted by molar-refractivity contribution is 0.0914. The van der Waals surface area contributed by atoms with Gasteiger partial charge < -0.3 is 11.1 Å². The van der Waals surface area contributed by atoms with Crippen molar-refractivity contribution in [2.75, 3.05) is 6.54 Å². The molecule has 0 aliphatic heterocycles. The maximum absolute atomic E-state index is 12.3.